The molecular weight excluding hydrogens is 269 g/mol. The number of hydrogen-bond acceptors (Lipinski definition) is 2. The fourth-order valence-corrected chi connectivity index (χ4v) is 1.34. The van der Waals surface area contributed by atoms with Gasteiger partial charge in [0.2, 0.25) is 0 Å². The molecule has 5 heteroatoms. The molecule has 0 atom stereocenters. The van der Waals surface area contributed by atoms with E-state index in [0.717, 1.165) is 5.56 Å². The molecule has 1 amide bonds. The number of carbonyl (C=O) groups is 1. The van der Waals surface area contributed by atoms with E-state index in [2.05, 4.69) is 21.2 Å². The third-order valence-corrected chi connectivity index (χ3v) is 2.31. The van der Waals surface area contributed by atoms with Gasteiger partial charge >= 0.3 is 0 Å². The number of benzene rings is 1. The van der Waals surface area contributed by atoms with Crippen LogP contribution in [-0.2, 0) is 6.54 Å². The first-order valence-corrected chi connectivity index (χ1v) is 5.06. The molecule has 0 aliphatic carbocycles. The van der Waals surface area contributed by atoms with Gasteiger partial charge in [0.05, 0.1) is 7.11 Å². The van der Waals surface area contributed by atoms with Gasteiger partial charge in [0.15, 0.2) is 0 Å². The van der Waals surface area contributed by atoms with Crippen LogP contribution in [0.3, 0.4) is 0 Å². The van der Waals surface area contributed by atoms with E-state index < -0.39 is 0 Å². The molecule has 1 aromatic rings. The lowest BCUT2D eigenvalue weighted by Crippen LogP contribution is -2.15. The van der Waals surface area contributed by atoms with Crippen LogP contribution in [0.25, 0.3) is 0 Å². The zero-order valence-electron chi connectivity index (χ0n) is 7.51. The van der Waals surface area contributed by atoms with Crippen molar-refractivity contribution < 1.29 is 9.53 Å². The summed E-state index contributed by atoms with van der Waals surface area (Å²) >= 11 is 8.71. The molecule has 0 aromatic heterocycles. The normalized spacial score (nSPS) is 9.64. The Hall–Kier alpha value is -0.740. The highest BCUT2D eigenvalue weighted by Crippen LogP contribution is 2.22. The molecule has 0 saturated heterocycles. The minimum Gasteiger partial charge on any atom is -0.497 e. The van der Waals surface area contributed by atoms with E-state index in [9.17, 15) is 4.79 Å². The molecule has 1 N–H and O–H groups in total. The van der Waals surface area contributed by atoms with Crippen molar-refractivity contribution in [3.63, 3.8) is 0 Å². The van der Waals surface area contributed by atoms with E-state index in [4.69, 9.17) is 16.3 Å². The minimum absolute atomic E-state index is 0.260. The highest BCUT2D eigenvalue weighted by atomic mass is 79.9. The maximum absolute atomic E-state index is 10.6. The maximum atomic E-state index is 10.6. The highest BCUT2D eigenvalue weighted by Gasteiger charge is 2.02. The predicted octanol–water partition coefficient (Wildman–Crippen LogP) is 2.95. The third-order valence-electron chi connectivity index (χ3n) is 1.68. The lowest BCUT2D eigenvalue weighted by Gasteiger charge is -2.06. The molecule has 0 saturated carbocycles. The summed E-state index contributed by atoms with van der Waals surface area (Å²) in [4.78, 5) is 10.3. The molecule has 1 aromatic carbocycles. The van der Waals surface area contributed by atoms with Crippen molar-refractivity contribution in [1.82, 2.24) is 5.32 Å². The first-order valence-electron chi connectivity index (χ1n) is 3.89. The van der Waals surface area contributed by atoms with Crippen LogP contribution in [0.5, 0.6) is 5.75 Å². The van der Waals surface area contributed by atoms with Crippen molar-refractivity contribution in [2.75, 3.05) is 7.11 Å². The molecular formula is C9H9BrClNO2. The van der Waals surface area contributed by atoms with Crippen molar-refractivity contribution in [2.45, 2.75) is 6.54 Å². The van der Waals surface area contributed by atoms with E-state index in [-0.39, 0.29) is 4.82 Å². The van der Waals surface area contributed by atoms with Gasteiger partial charge in [0.25, 0.3) is 4.82 Å². The molecule has 0 radical (unpaired) electrons. The molecule has 14 heavy (non-hydrogen) atoms. The van der Waals surface area contributed by atoms with Gasteiger partial charge in [0, 0.05) is 27.5 Å². The van der Waals surface area contributed by atoms with Crippen molar-refractivity contribution >= 4 is 32.3 Å². The average Bonchev–Trinajstić information content (AvgIpc) is 2.15. The quantitative estimate of drug-likeness (QED) is 0.682. The summed E-state index contributed by atoms with van der Waals surface area (Å²) in [6.07, 6.45) is 0. The van der Waals surface area contributed by atoms with E-state index >= 15 is 0 Å². The Morgan fingerprint density at radius 3 is 2.86 bits per heavy atom. The van der Waals surface area contributed by atoms with Crippen molar-refractivity contribution in [3.05, 3.63) is 28.8 Å². The Labute approximate surface area is 95.5 Å². The van der Waals surface area contributed by atoms with E-state index in [1.807, 2.05) is 6.07 Å². The van der Waals surface area contributed by atoms with Crippen LogP contribution in [0.2, 0.25) is 5.02 Å². The van der Waals surface area contributed by atoms with Crippen LogP contribution in [0.15, 0.2) is 18.2 Å². The summed E-state index contributed by atoms with van der Waals surface area (Å²) in [5, 5.41) is 3.17. The standard InChI is InChI=1S/C9H9BrClNO2/c1-14-7-3-2-6(8(11)4-7)5-12-9(10)13/h2-4H,5H2,1H3,(H,12,13). The molecule has 0 bridgehead atoms. The Kier molecular flexibility index (Phi) is 4.22. The molecule has 3 nitrogen and oxygen atoms in total. The number of amides is 1. The van der Waals surface area contributed by atoms with Gasteiger partial charge in [-0.2, -0.15) is 0 Å². The SMILES string of the molecule is COc1ccc(CNC(=O)Br)c(Cl)c1. The van der Waals surface area contributed by atoms with Gasteiger partial charge in [-0.15, -0.1) is 0 Å². The first-order chi connectivity index (χ1) is 6.63. The second-order valence-electron chi connectivity index (χ2n) is 2.58. The summed E-state index contributed by atoms with van der Waals surface area (Å²) in [6, 6.07) is 5.31. The Morgan fingerprint density at radius 1 is 1.64 bits per heavy atom. The Morgan fingerprint density at radius 2 is 2.36 bits per heavy atom. The number of rotatable bonds is 3. The van der Waals surface area contributed by atoms with Gasteiger partial charge < -0.3 is 10.1 Å². The molecule has 0 aliphatic heterocycles. The summed E-state index contributed by atoms with van der Waals surface area (Å²) in [7, 11) is 1.57. The van der Waals surface area contributed by atoms with Gasteiger partial charge in [0.1, 0.15) is 5.75 Å². The topological polar surface area (TPSA) is 38.3 Å². The highest BCUT2D eigenvalue weighted by molar-refractivity contribution is 9.18. The molecule has 76 valence electrons. The van der Waals surface area contributed by atoms with Gasteiger partial charge in [-0.3, -0.25) is 4.79 Å². The number of nitrogens with one attached hydrogen (secondary N) is 1. The fourth-order valence-electron chi connectivity index (χ4n) is 0.963. The van der Waals surface area contributed by atoms with Crippen molar-refractivity contribution in [3.8, 4) is 5.75 Å². The maximum Gasteiger partial charge on any atom is 0.287 e. The Bertz CT molecular complexity index is 344. The fraction of sp³-hybridized carbons (Fsp3) is 0.222. The number of halogens is 2. The minimum atomic E-state index is -0.260. The smallest absolute Gasteiger partial charge is 0.287 e. The molecule has 0 unspecified atom stereocenters. The van der Waals surface area contributed by atoms with E-state index in [1.54, 1.807) is 19.2 Å². The van der Waals surface area contributed by atoms with E-state index in [0.29, 0.717) is 17.3 Å². The van der Waals surface area contributed by atoms with Crippen LogP contribution < -0.4 is 10.1 Å². The largest absolute Gasteiger partial charge is 0.497 e. The summed E-state index contributed by atoms with van der Waals surface area (Å²) in [6.45, 7) is 0.396. The zero-order valence-corrected chi connectivity index (χ0v) is 9.85. The van der Waals surface area contributed by atoms with Crippen LogP contribution >= 0.6 is 27.5 Å². The number of methoxy groups -OCH3 is 1. The lowest BCUT2D eigenvalue weighted by atomic mass is 10.2. The van der Waals surface area contributed by atoms with Crippen LogP contribution in [0, 0.1) is 0 Å². The van der Waals surface area contributed by atoms with Gasteiger partial charge in [-0.25, -0.2) is 0 Å². The average molecular weight is 279 g/mol. The zero-order chi connectivity index (χ0) is 10.6. The second-order valence-corrected chi connectivity index (χ2v) is 3.71. The number of carbonyl (C=O) groups excluding carboxylic acids is 1. The monoisotopic (exact) mass is 277 g/mol. The first kappa shape index (κ1) is 11.3. The van der Waals surface area contributed by atoms with Gasteiger partial charge in [-0.1, -0.05) is 17.7 Å². The van der Waals surface area contributed by atoms with Crippen molar-refractivity contribution in [1.29, 1.82) is 0 Å². The third kappa shape index (κ3) is 3.20. The van der Waals surface area contributed by atoms with Crippen LogP contribution in [-0.4, -0.2) is 11.9 Å². The van der Waals surface area contributed by atoms with Crippen molar-refractivity contribution in [2.24, 2.45) is 0 Å². The molecule has 0 aliphatic rings. The lowest BCUT2D eigenvalue weighted by molar-refractivity contribution is 0.261. The molecule has 0 heterocycles. The molecule has 1 rings (SSSR count). The Balaban J connectivity index is 2.73. The number of hydrogen-bond donors (Lipinski definition) is 1. The van der Waals surface area contributed by atoms with Crippen LogP contribution in [0.1, 0.15) is 5.56 Å². The predicted molar refractivity (Wildman–Crippen MR) is 59.2 cm³/mol. The molecule has 0 fully saturated rings. The van der Waals surface area contributed by atoms with Gasteiger partial charge in [-0.05, 0) is 17.7 Å². The summed E-state index contributed by atoms with van der Waals surface area (Å²) < 4.78 is 4.99. The second kappa shape index (κ2) is 5.22. The number of ether oxygens (including phenoxy) is 1. The summed E-state index contributed by atoms with van der Waals surface area (Å²) in [5.41, 5.74) is 0.847. The van der Waals surface area contributed by atoms with E-state index in [1.165, 1.54) is 0 Å². The molecule has 0 spiro atoms. The summed E-state index contributed by atoms with van der Waals surface area (Å²) in [5.74, 6) is 0.698. The van der Waals surface area contributed by atoms with Crippen LogP contribution in [0.4, 0.5) is 4.79 Å².